The zero-order valence-electron chi connectivity index (χ0n) is 13.3. The highest BCUT2D eigenvalue weighted by atomic mass is 16.5. The Morgan fingerprint density at radius 3 is 2.73 bits per heavy atom. The minimum absolute atomic E-state index is 0.180. The third kappa shape index (κ3) is 5.57. The quantitative estimate of drug-likeness (QED) is 0.768. The van der Waals surface area contributed by atoms with Crippen LogP contribution in [0.3, 0.4) is 0 Å². The van der Waals surface area contributed by atoms with E-state index in [9.17, 15) is 4.79 Å². The monoisotopic (exact) mass is 307 g/mol. The topological polar surface area (TPSA) is 79.4 Å². The van der Waals surface area contributed by atoms with Crippen molar-refractivity contribution in [1.82, 2.24) is 20.2 Å². The van der Waals surface area contributed by atoms with Crippen LogP contribution < -0.4 is 10.6 Å². The number of carbonyl (C=O) groups excluding carboxylic acids is 1. The number of aromatic nitrogens is 2. The first-order chi connectivity index (χ1) is 10.6. The van der Waals surface area contributed by atoms with Gasteiger partial charge in [0.25, 0.3) is 5.91 Å². The fourth-order valence-electron chi connectivity index (χ4n) is 2.09. The van der Waals surface area contributed by atoms with E-state index in [4.69, 9.17) is 4.74 Å². The Morgan fingerprint density at radius 2 is 2.09 bits per heavy atom. The number of carbonyl (C=O) groups is 1. The van der Waals surface area contributed by atoms with Crippen molar-refractivity contribution in [3.63, 3.8) is 0 Å². The summed E-state index contributed by atoms with van der Waals surface area (Å²) in [5.74, 6) is 0.924. The largest absolute Gasteiger partial charge is 0.379 e. The summed E-state index contributed by atoms with van der Waals surface area (Å²) in [6, 6.07) is 0. The molecule has 0 aromatic carbocycles. The van der Waals surface area contributed by atoms with Crippen molar-refractivity contribution in [2.24, 2.45) is 5.92 Å². The van der Waals surface area contributed by atoms with E-state index in [1.807, 2.05) is 13.8 Å². The lowest BCUT2D eigenvalue weighted by atomic mass is 10.2. The first kappa shape index (κ1) is 16.6. The number of nitrogens with one attached hydrogen (secondary N) is 2. The lowest BCUT2D eigenvalue weighted by Gasteiger charge is -2.26. The van der Waals surface area contributed by atoms with Gasteiger partial charge in [0.15, 0.2) is 0 Å². The summed E-state index contributed by atoms with van der Waals surface area (Å²) in [7, 11) is 0. The normalized spacial score (nSPS) is 15.8. The molecule has 1 aromatic rings. The molecule has 2 N–H and O–H groups in total. The fourth-order valence-corrected chi connectivity index (χ4v) is 2.09. The van der Waals surface area contributed by atoms with Crippen LogP contribution in [0.15, 0.2) is 12.4 Å². The standard InChI is InChI=1S/C15H25N5O2/c1-12(2)9-19-15(21)13-10-18-14(11-17-13)16-3-4-20-5-7-22-8-6-20/h10-12H,3-9H2,1-2H3,(H,16,18)(H,19,21). The molecule has 122 valence electrons. The maximum atomic E-state index is 11.8. The Morgan fingerprint density at radius 1 is 1.32 bits per heavy atom. The molecule has 0 bridgehead atoms. The predicted octanol–water partition coefficient (Wildman–Crippen LogP) is 0.607. The van der Waals surface area contributed by atoms with Crippen LogP contribution in [-0.2, 0) is 4.74 Å². The molecule has 7 nitrogen and oxygen atoms in total. The number of morpholine rings is 1. The molecule has 0 radical (unpaired) electrons. The van der Waals surface area contributed by atoms with Gasteiger partial charge in [-0.05, 0) is 5.92 Å². The van der Waals surface area contributed by atoms with Gasteiger partial charge in [-0.15, -0.1) is 0 Å². The van der Waals surface area contributed by atoms with Crippen molar-refractivity contribution >= 4 is 11.7 Å². The smallest absolute Gasteiger partial charge is 0.271 e. The summed E-state index contributed by atoms with van der Waals surface area (Å²) in [6.07, 6.45) is 3.11. The summed E-state index contributed by atoms with van der Waals surface area (Å²) in [5.41, 5.74) is 0.347. The number of anilines is 1. The lowest BCUT2D eigenvalue weighted by molar-refractivity contribution is 0.0398. The number of hydrogen-bond donors (Lipinski definition) is 2. The van der Waals surface area contributed by atoms with E-state index in [0.29, 0.717) is 24.0 Å². The minimum Gasteiger partial charge on any atom is -0.379 e. The molecule has 0 atom stereocenters. The van der Waals surface area contributed by atoms with E-state index in [1.54, 1.807) is 6.20 Å². The van der Waals surface area contributed by atoms with Gasteiger partial charge in [-0.25, -0.2) is 9.97 Å². The molecule has 22 heavy (non-hydrogen) atoms. The molecule has 1 aliphatic heterocycles. The molecule has 7 heteroatoms. The van der Waals surface area contributed by atoms with E-state index >= 15 is 0 Å². The maximum absolute atomic E-state index is 11.8. The Balaban J connectivity index is 1.72. The second-order valence-corrected chi connectivity index (χ2v) is 5.77. The zero-order chi connectivity index (χ0) is 15.8. The Kier molecular flexibility index (Phi) is 6.54. The van der Waals surface area contributed by atoms with Gasteiger partial charge in [0.2, 0.25) is 0 Å². The highest BCUT2D eigenvalue weighted by Crippen LogP contribution is 2.02. The summed E-state index contributed by atoms with van der Waals surface area (Å²) < 4.78 is 5.31. The van der Waals surface area contributed by atoms with Gasteiger partial charge < -0.3 is 15.4 Å². The number of hydrogen-bond acceptors (Lipinski definition) is 6. The number of ether oxygens (including phenoxy) is 1. The van der Waals surface area contributed by atoms with Crippen molar-refractivity contribution < 1.29 is 9.53 Å². The summed E-state index contributed by atoms with van der Waals surface area (Å²) >= 11 is 0. The molecule has 0 spiro atoms. The van der Waals surface area contributed by atoms with Crippen LogP contribution in [0, 0.1) is 5.92 Å². The predicted molar refractivity (Wildman–Crippen MR) is 85.0 cm³/mol. The van der Waals surface area contributed by atoms with Crippen LogP contribution in [0.25, 0.3) is 0 Å². The second-order valence-electron chi connectivity index (χ2n) is 5.77. The third-order valence-corrected chi connectivity index (χ3v) is 3.39. The lowest BCUT2D eigenvalue weighted by Crippen LogP contribution is -2.39. The first-order valence-corrected chi connectivity index (χ1v) is 7.79. The molecule has 1 amide bonds. The highest BCUT2D eigenvalue weighted by Gasteiger charge is 2.10. The molecular weight excluding hydrogens is 282 g/mol. The molecule has 1 fully saturated rings. The molecule has 2 rings (SSSR count). The van der Waals surface area contributed by atoms with Crippen molar-refractivity contribution in [3.8, 4) is 0 Å². The fraction of sp³-hybridized carbons (Fsp3) is 0.667. The van der Waals surface area contributed by atoms with Crippen LogP contribution in [0.1, 0.15) is 24.3 Å². The van der Waals surface area contributed by atoms with Gasteiger partial charge in [0, 0.05) is 32.7 Å². The molecule has 0 saturated carbocycles. The highest BCUT2D eigenvalue weighted by molar-refractivity contribution is 5.91. The second kappa shape index (κ2) is 8.65. The summed E-state index contributed by atoms with van der Waals surface area (Å²) in [5, 5.41) is 6.04. The summed E-state index contributed by atoms with van der Waals surface area (Å²) in [4.78, 5) is 22.6. The summed E-state index contributed by atoms with van der Waals surface area (Å²) in [6.45, 7) is 10.0. The van der Waals surface area contributed by atoms with E-state index in [2.05, 4.69) is 25.5 Å². The van der Waals surface area contributed by atoms with Crippen LogP contribution in [0.5, 0.6) is 0 Å². The molecule has 0 unspecified atom stereocenters. The van der Waals surface area contributed by atoms with Crippen LogP contribution in [0.2, 0.25) is 0 Å². The van der Waals surface area contributed by atoms with E-state index in [1.165, 1.54) is 6.20 Å². The third-order valence-electron chi connectivity index (χ3n) is 3.39. The first-order valence-electron chi connectivity index (χ1n) is 7.79. The van der Waals surface area contributed by atoms with Gasteiger partial charge in [-0.3, -0.25) is 9.69 Å². The van der Waals surface area contributed by atoms with Gasteiger partial charge in [-0.2, -0.15) is 0 Å². The van der Waals surface area contributed by atoms with Gasteiger partial charge >= 0.3 is 0 Å². The Labute approximate surface area is 131 Å². The van der Waals surface area contributed by atoms with E-state index < -0.39 is 0 Å². The molecule has 0 aliphatic carbocycles. The number of rotatable bonds is 7. The van der Waals surface area contributed by atoms with Gasteiger partial charge in [0.1, 0.15) is 11.5 Å². The van der Waals surface area contributed by atoms with Crippen molar-refractivity contribution in [3.05, 3.63) is 18.1 Å². The number of nitrogens with zero attached hydrogens (tertiary/aromatic N) is 3. The van der Waals surface area contributed by atoms with Gasteiger partial charge in [-0.1, -0.05) is 13.8 Å². The average Bonchev–Trinajstić information content (AvgIpc) is 2.54. The maximum Gasteiger partial charge on any atom is 0.271 e. The van der Waals surface area contributed by atoms with E-state index in [-0.39, 0.29) is 5.91 Å². The number of amides is 1. The average molecular weight is 307 g/mol. The zero-order valence-corrected chi connectivity index (χ0v) is 13.3. The SMILES string of the molecule is CC(C)CNC(=O)c1cnc(NCCN2CCOCC2)cn1. The van der Waals surface area contributed by atoms with Crippen LogP contribution in [-0.4, -0.2) is 66.7 Å². The molecule has 2 heterocycles. The van der Waals surface area contributed by atoms with Crippen molar-refractivity contribution in [1.29, 1.82) is 0 Å². The molecule has 1 saturated heterocycles. The molecule has 1 aromatic heterocycles. The van der Waals surface area contributed by atoms with Crippen LogP contribution >= 0.6 is 0 Å². The Bertz CT molecular complexity index is 458. The Hall–Kier alpha value is -1.73. The van der Waals surface area contributed by atoms with Crippen molar-refractivity contribution in [2.75, 3.05) is 51.3 Å². The van der Waals surface area contributed by atoms with E-state index in [0.717, 1.165) is 39.4 Å². The van der Waals surface area contributed by atoms with Gasteiger partial charge in [0.05, 0.1) is 25.6 Å². The van der Waals surface area contributed by atoms with Crippen LogP contribution in [0.4, 0.5) is 5.82 Å². The molecule has 1 aliphatic rings. The van der Waals surface area contributed by atoms with Crippen molar-refractivity contribution in [2.45, 2.75) is 13.8 Å². The molecular formula is C15H25N5O2. The minimum atomic E-state index is -0.180.